The Balaban J connectivity index is 2.08. The largest absolute Gasteiger partial charge is 0.481 e. The summed E-state index contributed by atoms with van der Waals surface area (Å²) in [5.41, 5.74) is 0.786. The first-order chi connectivity index (χ1) is 9.13. The van der Waals surface area contributed by atoms with E-state index in [1.165, 1.54) is 7.11 Å². The number of hydrogen-bond donors (Lipinski definition) is 1. The highest BCUT2D eigenvalue weighted by Crippen LogP contribution is 2.24. The molecule has 0 spiro atoms. The van der Waals surface area contributed by atoms with E-state index in [9.17, 15) is 9.59 Å². The van der Waals surface area contributed by atoms with Gasteiger partial charge in [-0.1, -0.05) is 30.3 Å². The zero-order valence-corrected chi connectivity index (χ0v) is 10.8. The second-order valence-electron chi connectivity index (χ2n) is 4.63. The first-order valence-electron chi connectivity index (χ1n) is 6.23. The fourth-order valence-corrected chi connectivity index (χ4v) is 2.34. The number of carbonyl (C=O) groups excluding carboxylic acids is 1. The number of hydrogen-bond acceptors (Lipinski definition) is 3. The van der Waals surface area contributed by atoms with E-state index in [0.717, 1.165) is 5.56 Å². The third kappa shape index (κ3) is 2.93. The summed E-state index contributed by atoms with van der Waals surface area (Å²) >= 11 is 0. The number of carboxylic acids is 1. The van der Waals surface area contributed by atoms with Crippen molar-refractivity contribution in [3.63, 3.8) is 0 Å². The molecule has 19 heavy (non-hydrogen) atoms. The highest BCUT2D eigenvalue weighted by atomic mass is 16.5. The Morgan fingerprint density at radius 2 is 2.05 bits per heavy atom. The molecule has 1 aliphatic rings. The molecule has 1 aromatic rings. The van der Waals surface area contributed by atoms with Crippen LogP contribution in [-0.2, 0) is 14.3 Å². The molecule has 1 aliphatic heterocycles. The van der Waals surface area contributed by atoms with E-state index in [4.69, 9.17) is 9.84 Å². The van der Waals surface area contributed by atoms with Crippen molar-refractivity contribution < 1.29 is 19.4 Å². The molecule has 0 aliphatic carbocycles. The van der Waals surface area contributed by atoms with Crippen molar-refractivity contribution in [3.05, 3.63) is 35.9 Å². The van der Waals surface area contributed by atoms with Gasteiger partial charge in [0.05, 0.1) is 5.92 Å². The van der Waals surface area contributed by atoms with Gasteiger partial charge in [-0.25, -0.2) is 0 Å². The lowest BCUT2D eigenvalue weighted by Crippen LogP contribution is -2.34. The molecule has 2 unspecified atom stereocenters. The monoisotopic (exact) mass is 263 g/mol. The van der Waals surface area contributed by atoms with Gasteiger partial charge in [-0.3, -0.25) is 9.59 Å². The summed E-state index contributed by atoms with van der Waals surface area (Å²) in [4.78, 5) is 24.8. The molecule has 0 aromatic heterocycles. The van der Waals surface area contributed by atoms with Gasteiger partial charge in [-0.15, -0.1) is 0 Å². The highest BCUT2D eigenvalue weighted by molar-refractivity contribution is 5.83. The van der Waals surface area contributed by atoms with Gasteiger partial charge in [-0.05, 0) is 12.0 Å². The number of carbonyl (C=O) groups is 2. The zero-order chi connectivity index (χ0) is 13.8. The van der Waals surface area contributed by atoms with Crippen LogP contribution in [0.4, 0.5) is 0 Å². The van der Waals surface area contributed by atoms with Crippen LogP contribution in [0.15, 0.2) is 30.3 Å². The smallest absolute Gasteiger partial charge is 0.308 e. The highest BCUT2D eigenvalue weighted by Gasteiger charge is 2.34. The van der Waals surface area contributed by atoms with Crippen LogP contribution in [0.2, 0.25) is 0 Å². The standard InChI is InChI=1S/C14H17NO4/c1-19-12(10-5-3-2-4-6-10)13(16)15-8-7-11(9-15)14(17)18/h2-6,11-12H,7-9H2,1H3,(H,17,18). The summed E-state index contributed by atoms with van der Waals surface area (Å²) in [6.07, 6.45) is -0.152. The molecule has 102 valence electrons. The summed E-state index contributed by atoms with van der Waals surface area (Å²) in [5, 5.41) is 8.96. The van der Waals surface area contributed by atoms with Crippen LogP contribution in [0, 0.1) is 5.92 Å². The van der Waals surface area contributed by atoms with Gasteiger partial charge in [0.2, 0.25) is 0 Å². The fraction of sp³-hybridized carbons (Fsp3) is 0.429. The number of ether oxygens (including phenoxy) is 1. The molecule has 0 saturated carbocycles. The number of aliphatic carboxylic acids is 1. The van der Waals surface area contributed by atoms with E-state index in [2.05, 4.69) is 0 Å². The van der Waals surface area contributed by atoms with Crippen LogP contribution in [0.1, 0.15) is 18.1 Å². The van der Waals surface area contributed by atoms with Crippen molar-refractivity contribution in [2.45, 2.75) is 12.5 Å². The molecule has 1 amide bonds. The fourth-order valence-electron chi connectivity index (χ4n) is 2.34. The van der Waals surface area contributed by atoms with E-state index < -0.39 is 18.0 Å². The number of carboxylic acid groups (broad SMARTS) is 1. The zero-order valence-electron chi connectivity index (χ0n) is 10.8. The van der Waals surface area contributed by atoms with E-state index >= 15 is 0 Å². The van der Waals surface area contributed by atoms with Crippen molar-refractivity contribution >= 4 is 11.9 Å². The van der Waals surface area contributed by atoms with E-state index in [0.29, 0.717) is 13.0 Å². The first-order valence-corrected chi connectivity index (χ1v) is 6.23. The molecule has 1 fully saturated rings. The third-order valence-electron chi connectivity index (χ3n) is 3.41. The number of rotatable bonds is 4. The summed E-state index contributed by atoms with van der Waals surface area (Å²) in [5.74, 6) is -1.47. The normalized spacial score (nSPS) is 20.3. The molecule has 0 radical (unpaired) electrons. The molecule has 5 heteroatoms. The van der Waals surface area contributed by atoms with Crippen LogP contribution in [0.5, 0.6) is 0 Å². The van der Waals surface area contributed by atoms with Gasteiger partial charge in [0.1, 0.15) is 0 Å². The molecule has 2 rings (SSSR count). The lowest BCUT2D eigenvalue weighted by atomic mass is 10.1. The molecule has 1 heterocycles. The lowest BCUT2D eigenvalue weighted by Gasteiger charge is -2.22. The Hall–Kier alpha value is -1.88. The Kier molecular flexibility index (Phi) is 4.16. The number of likely N-dealkylation sites (tertiary alicyclic amines) is 1. The SMILES string of the molecule is COC(C(=O)N1CCC(C(=O)O)C1)c1ccccc1. The molecular formula is C14H17NO4. The van der Waals surface area contributed by atoms with Gasteiger partial charge in [0.25, 0.3) is 5.91 Å². The average molecular weight is 263 g/mol. The summed E-state index contributed by atoms with van der Waals surface area (Å²) < 4.78 is 5.27. The Morgan fingerprint density at radius 1 is 1.37 bits per heavy atom. The molecule has 1 saturated heterocycles. The summed E-state index contributed by atoms with van der Waals surface area (Å²) in [6, 6.07) is 9.22. The summed E-state index contributed by atoms with van der Waals surface area (Å²) in [6.45, 7) is 0.739. The first kappa shape index (κ1) is 13.5. The molecule has 0 bridgehead atoms. The van der Waals surface area contributed by atoms with Gasteiger partial charge in [0.15, 0.2) is 6.10 Å². The number of methoxy groups -OCH3 is 1. The second kappa shape index (κ2) is 5.84. The van der Waals surface area contributed by atoms with Crippen molar-refractivity contribution in [1.29, 1.82) is 0 Å². The Morgan fingerprint density at radius 3 is 2.58 bits per heavy atom. The number of benzene rings is 1. The predicted molar refractivity (Wildman–Crippen MR) is 68.5 cm³/mol. The van der Waals surface area contributed by atoms with Crippen LogP contribution in [0.3, 0.4) is 0 Å². The van der Waals surface area contributed by atoms with Gasteiger partial charge in [0, 0.05) is 20.2 Å². The maximum absolute atomic E-state index is 12.4. The quantitative estimate of drug-likeness (QED) is 0.889. The topological polar surface area (TPSA) is 66.8 Å². The third-order valence-corrected chi connectivity index (χ3v) is 3.41. The predicted octanol–water partition coefficient (Wildman–Crippen LogP) is 1.31. The maximum Gasteiger partial charge on any atom is 0.308 e. The minimum absolute atomic E-state index is 0.169. The van der Waals surface area contributed by atoms with Crippen LogP contribution in [-0.4, -0.2) is 42.1 Å². The van der Waals surface area contributed by atoms with Crippen LogP contribution >= 0.6 is 0 Å². The van der Waals surface area contributed by atoms with Gasteiger partial charge in [-0.2, -0.15) is 0 Å². The van der Waals surface area contributed by atoms with Gasteiger partial charge >= 0.3 is 5.97 Å². The minimum Gasteiger partial charge on any atom is -0.481 e. The Labute approximate surface area is 111 Å². The van der Waals surface area contributed by atoms with Crippen molar-refractivity contribution in [1.82, 2.24) is 4.90 Å². The Bertz CT molecular complexity index is 460. The lowest BCUT2D eigenvalue weighted by molar-refractivity contribution is -0.143. The molecular weight excluding hydrogens is 246 g/mol. The number of nitrogens with zero attached hydrogens (tertiary/aromatic N) is 1. The van der Waals surface area contributed by atoms with Crippen molar-refractivity contribution in [2.24, 2.45) is 5.92 Å². The van der Waals surface area contributed by atoms with E-state index in [1.807, 2.05) is 30.3 Å². The van der Waals surface area contributed by atoms with Gasteiger partial charge < -0.3 is 14.7 Å². The molecule has 1 N–H and O–H groups in total. The van der Waals surface area contributed by atoms with Crippen molar-refractivity contribution in [2.75, 3.05) is 20.2 Å². The second-order valence-corrected chi connectivity index (χ2v) is 4.63. The molecule has 5 nitrogen and oxygen atoms in total. The minimum atomic E-state index is -0.844. The average Bonchev–Trinajstić information content (AvgIpc) is 2.90. The molecule has 2 atom stereocenters. The van der Waals surface area contributed by atoms with Crippen LogP contribution in [0.25, 0.3) is 0 Å². The van der Waals surface area contributed by atoms with E-state index in [-0.39, 0.29) is 12.5 Å². The maximum atomic E-state index is 12.4. The molecule has 1 aromatic carbocycles. The number of amides is 1. The van der Waals surface area contributed by atoms with E-state index in [1.54, 1.807) is 4.90 Å². The van der Waals surface area contributed by atoms with Crippen molar-refractivity contribution in [3.8, 4) is 0 Å². The summed E-state index contributed by atoms with van der Waals surface area (Å²) in [7, 11) is 1.49. The van der Waals surface area contributed by atoms with Crippen LogP contribution < -0.4 is 0 Å².